The lowest BCUT2D eigenvalue weighted by molar-refractivity contribution is -0.144. The van der Waals surface area contributed by atoms with Gasteiger partial charge in [0, 0.05) is 30.2 Å². The van der Waals surface area contributed by atoms with E-state index in [2.05, 4.69) is 0 Å². The summed E-state index contributed by atoms with van der Waals surface area (Å²) in [7, 11) is 0. The maximum atomic E-state index is 12.9. The van der Waals surface area contributed by atoms with E-state index in [4.69, 9.17) is 5.73 Å². The van der Waals surface area contributed by atoms with Gasteiger partial charge < -0.3 is 10.6 Å². The van der Waals surface area contributed by atoms with Gasteiger partial charge in [-0.25, -0.2) is 0 Å². The molecule has 5 heteroatoms. The lowest BCUT2D eigenvalue weighted by Gasteiger charge is -2.29. The predicted molar refractivity (Wildman–Crippen MR) is 94.9 cm³/mol. The average molecular weight is 323 g/mol. The van der Waals surface area contributed by atoms with Gasteiger partial charge in [-0.15, -0.1) is 0 Å². The van der Waals surface area contributed by atoms with Crippen LogP contribution in [0.2, 0.25) is 0 Å². The quantitative estimate of drug-likeness (QED) is 0.682. The molecule has 2 amide bonds. The number of likely N-dealkylation sites (tertiary alicyclic amines) is 1. The topological polar surface area (TPSA) is 66.6 Å². The zero-order valence-corrected chi connectivity index (χ0v) is 13.5. The molecule has 0 unspecified atom stereocenters. The van der Waals surface area contributed by atoms with E-state index >= 15 is 0 Å². The van der Waals surface area contributed by atoms with Crippen LogP contribution < -0.4 is 10.6 Å². The van der Waals surface area contributed by atoms with Crippen molar-refractivity contribution in [1.82, 2.24) is 4.90 Å². The number of rotatable bonds is 2. The minimum atomic E-state index is -0.534. The fourth-order valence-corrected chi connectivity index (χ4v) is 2.91. The first kappa shape index (κ1) is 16.1. The van der Waals surface area contributed by atoms with Gasteiger partial charge in [0.1, 0.15) is 0 Å². The summed E-state index contributed by atoms with van der Waals surface area (Å²) >= 11 is 0. The summed E-state index contributed by atoms with van der Waals surface area (Å²) in [6.07, 6.45) is 3.01. The van der Waals surface area contributed by atoms with E-state index in [0.717, 1.165) is 19.3 Å². The molecule has 2 aromatic carbocycles. The number of carbonyl (C=O) groups excluding carboxylic acids is 2. The largest absolute Gasteiger partial charge is 0.399 e. The number of para-hydroxylation sites is 1. The van der Waals surface area contributed by atoms with Gasteiger partial charge in [0.25, 0.3) is 0 Å². The van der Waals surface area contributed by atoms with Crippen molar-refractivity contribution in [3.8, 4) is 0 Å². The highest BCUT2D eigenvalue weighted by Gasteiger charge is 2.29. The van der Waals surface area contributed by atoms with Crippen LogP contribution in [0.4, 0.5) is 17.1 Å². The Hall–Kier alpha value is -2.82. The lowest BCUT2D eigenvalue weighted by Crippen LogP contribution is -2.45. The number of piperidine rings is 1. The molecule has 1 aliphatic heterocycles. The van der Waals surface area contributed by atoms with E-state index in [1.807, 2.05) is 30.3 Å². The second-order valence-corrected chi connectivity index (χ2v) is 5.92. The van der Waals surface area contributed by atoms with Crippen LogP contribution in [0.15, 0.2) is 54.6 Å². The van der Waals surface area contributed by atoms with Crippen LogP contribution in [-0.2, 0) is 9.59 Å². The molecule has 2 N–H and O–H groups in total. The van der Waals surface area contributed by atoms with Crippen molar-refractivity contribution in [1.29, 1.82) is 0 Å². The summed E-state index contributed by atoms with van der Waals surface area (Å²) in [4.78, 5) is 28.7. The van der Waals surface area contributed by atoms with Gasteiger partial charge in [-0.2, -0.15) is 0 Å². The maximum absolute atomic E-state index is 12.9. The number of anilines is 3. The van der Waals surface area contributed by atoms with Crippen molar-refractivity contribution in [3.05, 3.63) is 54.6 Å². The van der Waals surface area contributed by atoms with Crippen LogP contribution in [0.3, 0.4) is 0 Å². The third-order valence-corrected chi connectivity index (χ3v) is 4.19. The van der Waals surface area contributed by atoms with Gasteiger partial charge in [-0.3, -0.25) is 14.5 Å². The molecule has 1 heterocycles. The first-order valence-electron chi connectivity index (χ1n) is 8.21. The Morgan fingerprint density at radius 3 is 2.04 bits per heavy atom. The Kier molecular flexibility index (Phi) is 4.79. The molecule has 0 radical (unpaired) electrons. The number of nitrogens with two attached hydrogens (primary N) is 1. The van der Waals surface area contributed by atoms with E-state index in [1.54, 1.807) is 29.2 Å². The van der Waals surface area contributed by atoms with Crippen molar-refractivity contribution in [2.24, 2.45) is 0 Å². The highest BCUT2D eigenvalue weighted by molar-refractivity contribution is 6.42. The van der Waals surface area contributed by atoms with E-state index < -0.39 is 11.8 Å². The van der Waals surface area contributed by atoms with Crippen LogP contribution in [-0.4, -0.2) is 29.8 Å². The Bertz CT molecular complexity index is 707. The Balaban J connectivity index is 1.93. The van der Waals surface area contributed by atoms with Crippen LogP contribution in [0.25, 0.3) is 0 Å². The van der Waals surface area contributed by atoms with Crippen molar-refractivity contribution in [3.63, 3.8) is 0 Å². The van der Waals surface area contributed by atoms with Gasteiger partial charge in [-0.1, -0.05) is 18.2 Å². The molecule has 0 atom stereocenters. The minimum absolute atomic E-state index is 0.449. The average Bonchev–Trinajstić information content (AvgIpc) is 2.64. The summed E-state index contributed by atoms with van der Waals surface area (Å²) in [5, 5.41) is 0. The summed E-state index contributed by atoms with van der Waals surface area (Å²) in [6.45, 7) is 1.30. The number of carbonyl (C=O) groups is 2. The summed E-state index contributed by atoms with van der Waals surface area (Å²) < 4.78 is 0. The molecule has 3 rings (SSSR count). The van der Waals surface area contributed by atoms with Gasteiger partial charge in [0.2, 0.25) is 0 Å². The monoisotopic (exact) mass is 323 g/mol. The van der Waals surface area contributed by atoms with E-state index in [0.29, 0.717) is 30.2 Å². The Morgan fingerprint density at radius 1 is 0.833 bits per heavy atom. The molecule has 0 aromatic heterocycles. The molecule has 2 aromatic rings. The van der Waals surface area contributed by atoms with Gasteiger partial charge >= 0.3 is 11.8 Å². The molecule has 1 fully saturated rings. The Morgan fingerprint density at radius 2 is 1.42 bits per heavy atom. The number of hydrogen-bond donors (Lipinski definition) is 1. The number of nitrogens with zero attached hydrogens (tertiary/aromatic N) is 2. The second-order valence-electron chi connectivity index (χ2n) is 5.92. The lowest BCUT2D eigenvalue weighted by atomic mass is 10.1. The van der Waals surface area contributed by atoms with Crippen molar-refractivity contribution in [2.75, 3.05) is 23.7 Å². The molecule has 5 nitrogen and oxygen atoms in total. The van der Waals surface area contributed by atoms with Crippen LogP contribution >= 0.6 is 0 Å². The molecule has 0 spiro atoms. The van der Waals surface area contributed by atoms with E-state index in [-0.39, 0.29) is 0 Å². The van der Waals surface area contributed by atoms with Crippen molar-refractivity contribution in [2.45, 2.75) is 19.3 Å². The summed E-state index contributed by atoms with van der Waals surface area (Å²) in [5.74, 6) is -0.983. The molecule has 1 aliphatic rings. The number of nitrogen functional groups attached to an aromatic ring is 1. The first-order chi connectivity index (χ1) is 11.7. The van der Waals surface area contributed by atoms with Crippen LogP contribution in [0.5, 0.6) is 0 Å². The smallest absolute Gasteiger partial charge is 0.321 e. The predicted octanol–water partition coefficient (Wildman–Crippen LogP) is 2.95. The zero-order valence-electron chi connectivity index (χ0n) is 13.5. The molecule has 124 valence electrons. The standard InChI is InChI=1S/C19H21N3O2/c20-15-9-11-17(12-10-15)22(16-7-3-1-4-8-16)19(24)18(23)21-13-5-2-6-14-21/h1,3-4,7-12H,2,5-6,13-14,20H2. The second kappa shape index (κ2) is 7.17. The summed E-state index contributed by atoms with van der Waals surface area (Å²) in [6, 6.07) is 16.2. The molecule has 0 saturated carbocycles. The highest BCUT2D eigenvalue weighted by Crippen LogP contribution is 2.27. The Labute approximate surface area is 141 Å². The van der Waals surface area contributed by atoms with Crippen LogP contribution in [0, 0.1) is 0 Å². The number of amides is 2. The molecular formula is C19H21N3O2. The van der Waals surface area contributed by atoms with E-state index in [1.165, 1.54) is 4.90 Å². The third-order valence-electron chi connectivity index (χ3n) is 4.19. The van der Waals surface area contributed by atoms with Gasteiger partial charge in [-0.05, 0) is 55.7 Å². The zero-order chi connectivity index (χ0) is 16.9. The fourth-order valence-electron chi connectivity index (χ4n) is 2.91. The molecule has 24 heavy (non-hydrogen) atoms. The van der Waals surface area contributed by atoms with Gasteiger partial charge in [0.05, 0.1) is 0 Å². The normalized spacial score (nSPS) is 14.2. The number of benzene rings is 2. The van der Waals surface area contributed by atoms with Gasteiger partial charge in [0.15, 0.2) is 0 Å². The van der Waals surface area contributed by atoms with E-state index in [9.17, 15) is 9.59 Å². The summed E-state index contributed by atoms with van der Waals surface area (Å²) in [5.41, 5.74) is 7.65. The van der Waals surface area contributed by atoms with Crippen molar-refractivity contribution < 1.29 is 9.59 Å². The minimum Gasteiger partial charge on any atom is -0.399 e. The SMILES string of the molecule is Nc1ccc(N(C(=O)C(=O)N2CCCCC2)c2ccccc2)cc1. The molecule has 0 bridgehead atoms. The molecule has 1 saturated heterocycles. The molecule has 0 aliphatic carbocycles. The number of hydrogen-bond acceptors (Lipinski definition) is 3. The van der Waals surface area contributed by atoms with Crippen LogP contribution in [0.1, 0.15) is 19.3 Å². The van der Waals surface area contributed by atoms with Crippen molar-refractivity contribution >= 4 is 28.9 Å². The first-order valence-corrected chi connectivity index (χ1v) is 8.21. The molecular weight excluding hydrogens is 302 g/mol. The highest BCUT2D eigenvalue weighted by atomic mass is 16.2. The fraction of sp³-hybridized carbons (Fsp3) is 0.263. The third kappa shape index (κ3) is 3.40. The maximum Gasteiger partial charge on any atom is 0.321 e.